The van der Waals surface area contributed by atoms with Crippen molar-refractivity contribution in [2.45, 2.75) is 63.8 Å². The van der Waals surface area contributed by atoms with E-state index in [1.54, 1.807) is 35.0 Å². The Morgan fingerprint density at radius 2 is 1.55 bits per heavy atom. The summed E-state index contributed by atoms with van der Waals surface area (Å²) in [4.78, 5) is 29.2. The predicted octanol–water partition coefficient (Wildman–Crippen LogP) is 2.97. The van der Waals surface area contributed by atoms with Crippen molar-refractivity contribution in [3.63, 3.8) is 0 Å². The smallest absolute Gasteiger partial charge is 0.254 e. The van der Waals surface area contributed by atoms with Crippen LogP contribution in [0.5, 0.6) is 0 Å². The zero-order chi connectivity index (χ0) is 22.8. The average Bonchev–Trinajstić information content (AvgIpc) is 2.77. The van der Waals surface area contributed by atoms with E-state index in [4.69, 9.17) is 0 Å². The highest BCUT2D eigenvalue weighted by Gasteiger charge is 2.32. The molecule has 0 bridgehead atoms. The summed E-state index contributed by atoms with van der Waals surface area (Å²) in [5.41, 5.74) is -0.0760. The first-order valence-corrected chi connectivity index (χ1v) is 12.6. The average molecular weight is 450 g/mol. The highest BCUT2D eigenvalue weighted by Crippen LogP contribution is 2.27. The van der Waals surface area contributed by atoms with Crippen molar-refractivity contribution in [1.29, 1.82) is 0 Å². The zero-order valence-electron chi connectivity index (χ0n) is 19.1. The quantitative estimate of drug-likeness (QED) is 0.708. The van der Waals surface area contributed by atoms with Gasteiger partial charge in [0.25, 0.3) is 5.91 Å². The van der Waals surface area contributed by atoms with Crippen LogP contribution in [-0.2, 0) is 14.8 Å². The summed E-state index contributed by atoms with van der Waals surface area (Å²) in [6.45, 7) is 7.54. The number of nitrogens with zero attached hydrogens (tertiary/aromatic N) is 3. The largest absolute Gasteiger partial charge is 0.339 e. The predicted molar refractivity (Wildman–Crippen MR) is 120 cm³/mol. The van der Waals surface area contributed by atoms with Crippen molar-refractivity contribution in [2.24, 2.45) is 5.41 Å². The SMILES string of the molecule is CN(C1CCCCC1)S(=O)(=O)c1cccc(C(=O)N2CCN(C(=O)C(C)(C)C)CC2)c1. The lowest BCUT2D eigenvalue weighted by Gasteiger charge is -2.37. The molecule has 1 aromatic rings. The highest BCUT2D eigenvalue weighted by molar-refractivity contribution is 7.89. The van der Waals surface area contributed by atoms with Crippen LogP contribution in [0.2, 0.25) is 0 Å². The molecule has 0 N–H and O–H groups in total. The molecule has 1 aromatic carbocycles. The number of hydrogen-bond acceptors (Lipinski definition) is 4. The van der Waals surface area contributed by atoms with Crippen molar-refractivity contribution < 1.29 is 18.0 Å². The maximum atomic E-state index is 13.2. The molecule has 1 saturated heterocycles. The fourth-order valence-corrected chi connectivity index (χ4v) is 5.83. The first kappa shape index (κ1) is 23.7. The lowest BCUT2D eigenvalue weighted by atomic mass is 9.94. The number of carbonyl (C=O) groups excluding carboxylic acids is 2. The van der Waals surface area contributed by atoms with E-state index in [9.17, 15) is 18.0 Å². The second-order valence-corrected chi connectivity index (χ2v) is 11.7. The molecular formula is C23H35N3O4S. The van der Waals surface area contributed by atoms with E-state index < -0.39 is 15.4 Å². The summed E-state index contributed by atoms with van der Waals surface area (Å²) in [5.74, 6) is -0.112. The van der Waals surface area contributed by atoms with Gasteiger partial charge in [-0.1, -0.05) is 46.1 Å². The van der Waals surface area contributed by atoms with Crippen LogP contribution in [0.25, 0.3) is 0 Å². The summed E-state index contributed by atoms with van der Waals surface area (Å²) < 4.78 is 27.8. The van der Waals surface area contributed by atoms with E-state index in [-0.39, 0.29) is 22.8 Å². The molecule has 2 fully saturated rings. The van der Waals surface area contributed by atoms with Gasteiger partial charge in [-0.3, -0.25) is 9.59 Å². The van der Waals surface area contributed by atoms with Gasteiger partial charge in [-0.05, 0) is 31.0 Å². The Hall–Kier alpha value is -1.93. The van der Waals surface area contributed by atoms with Crippen molar-refractivity contribution in [1.82, 2.24) is 14.1 Å². The first-order valence-electron chi connectivity index (χ1n) is 11.2. The molecule has 2 aliphatic rings. The first-order chi connectivity index (χ1) is 14.5. The Bertz CT molecular complexity index is 909. The summed E-state index contributed by atoms with van der Waals surface area (Å²) in [6.07, 6.45) is 5.01. The van der Waals surface area contributed by atoms with Crippen LogP contribution in [-0.4, -0.2) is 73.6 Å². The molecule has 0 radical (unpaired) electrons. The number of hydrogen-bond donors (Lipinski definition) is 0. The number of sulfonamides is 1. The van der Waals surface area contributed by atoms with Crippen LogP contribution in [0.3, 0.4) is 0 Å². The van der Waals surface area contributed by atoms with Gasteiger partial charge in [-0.15, -0.1) is 0 Å². The minimum atomic E-state index is -3.65. The Balaban J connectivity index is 1.70. The van der Waals surface area contributed by atoms with Crippen LogP contribution in [0, 0.1) is 5.41 Å². The van der Waals surface area contributed by atoms with Gasteiger partial charge in [-0.25, -0.2) is 8.42 Å². The monoisotopic (exact) mass is 449 g/mol. The second kappa shape index (κ2) is 9.28. The molecule has 0 spiro atoms. The molecule has 1 heterocycles. The van der Waals surface area contributed by atoms with E-state index in [1.807, 2.05) is 20.8 Å². The third kappa shape index (κ3) is 5.29. The molecule has 172 valence electrons. The maximum Gasteiger partial charge on any atom is 0.254 e. The molecule has 0 atom stereocenters. The summed E-state index contributed by atoms with van der Waals surface area (Å²) >= 11 is 0. The van der Waals surface area contributed by atoms with Gasteiger partial charge >= 0.3 is 0 Å². The number of amides is 2. The van der Waals surface area contributed by atoms with Crippen molar-refractivity contribution >= 4 is 21.8 Å². The van der Waals surface area contributed by atoms with Crippen molar-refractivity contribution in [3.8, 4) is 0 Å². The van der Waals surface area contributed by atoms with Crippen molar-refractivity contribution in [2.75, 3.05) is 33.2 Å². The second-order valence-electron chi connectivity index (χ2n) is 9.68. The lowest BCUT2D eigenvalue weighted by molar-refractivity contribution is -0.140. The third-order valence-corrected chi connectivity index (χ3v) is 8.25. The van der Waals surface area contributed by atoms with E-state index >= 15 is 0 Å². The van der Waals surface area contributed by atoms with E-state index in [0.717, 1.165) is 32.1 Å². The number of carbonyl (C=O) groups is 2. The molecule has 0 unspecified atom stereocenters. The van der Waals surface area contributed by atoms with Gasteiger partial charge in [0.15, 0.2) is 0 Å². The van der Waals surface area contributed by atoms with Crippen LogP contribution >= 0.6 is 0 Å². The summed E-state index contributed by atoms with van der Waals surface area (Å²) in [6, 6.07) is 6.37. The highest BCUT2D eigenvalue weighted by atomic mass is 32.2. The van der Waals surface area contributed by atoms with Gasteiger partial charge in [0.2, 0.25) is 15.9 Å². The molecular weight excluding hydrogens is 414 g/mol. The minimum absolute atomic E-state index is 0.0199. The standard InChI is InChI=1S/C23H35N3O4S/c1-23(2,3)22(28)26-15-13-25(14-16-26)21(27)18-9-8-12-20(17-18)31(29,30)24(4)19-10-6-5-7-11-19/h8-9,12,17,19H,5-7,10-11,13-16H2,1-4H3. The molecule has 0 aromatic heterocycles. The van der Waals surface area contributed by atoms with Crippen LogP contribution in [0.15, 0.2) is 29.2 Å². The normalized spacial score (nSPS) is 19.0. The van der Waals surface area contributed by atoms with E-state index in [2.05, 4.69) is 0 Å². The van der Waals surface area contributed by atoms with E-state index in [1.165, 1.54) is 10.4 Å². The van der Waals surface area contributed by atoms with Gasteiger partial charge < -0.3 is 9.80 Å². The molecule has 2 amide bonds. The Labute approximate surface area is 186 Å². The van der Waals surface area contributed by atoms with Gasteiger partial charge in [-0.2, -0.15) is 4.31 Å². The maximum absolute atomic E-state index is 13.2. The van der Waals surface area contributed by atoms with Crippen LogP contribution in [0.4, 0.5) is 0 Å². The Morgan fingerprint density at radius 3 is 2.13 bits per heavy atom. The lowest BCUT2D eigenvalue weighted by Crippen LogP contribution is -2.53. The number of benzene rings is 1. The van der Waals surface area contributed by atoms with Gasteiger partial charge in [0.1, 0.15) is 0 Å². The molecule has 1 saturated carbocycles. The molecule has 1 aliphatic heterocycles. The van der Waals surface area contributed by atoms with Crippen LogP contribution in [0.1, 0.15) is 63.2 Å². The third-order valence-electron chi connectivity index (χ3n) is 6.34. The molecule has 3 rings (SSSR count). The molecule has 8 heteroatoms. The van der Waals surface area contributed by atoms with Gasteiger partial charge in [0.05, 0.1) is 4.90 Å². The minimum Gasteiger partial charge on any atom is -0.339 e. The summed E-state index contributed by atoms with van der Waals surface area (Å²) in [7, 11) is -2.01. The molecule has 1 aliphatic carbocycles. The van der Waals surface area contributed by atoms with Crippen LogP contribution < -0.4 is 0 Å². The Morgan fingerprint density at radius 1 is 0.968 bits per heavy atom. The van der Waals surface area contributed by atoms with E-state index in [0.29, 0.717) is 31.7 Å². The topological polar surface area (TPSA) is 78.0 Å². The van der Waals surface area contributed by atoms with Gasteiger partial charge in [0, 0.05) is 50.2 Å². The number of rotatable bonds is 4. The number of piperazine rings is 1. The molecule has 31 heavy (non-hydrogen) atoms. The van der Waals surface area contributed by atoms with Crippen molar-refractivity contribution in [3.05, 3.63) is 29.8 Å². The fraction of sp³-hybridized carbons (Fsp3) is 0.652. The summed E-state index contributed by atoms with van der Waals surface area (Å²) in [5, 5.41) is 0. The zero-order valence-corrected chi connectivity index (χ0v) is 20.0. The molecule has 7 nitrogen and oxygen atoms in total. The Kier molecular flexibility index (Phi) is 7.11. The fourth-order valence-electron chi connectivity index (χ4n) is 4.37.